The van der Waals surface area contributed by atoms with Crippen molar-refractivity contribution in [2.75, 3.05) is 0 Å². The number of carbonyl (C=O) groups is 1. The molecule has 0 amide bonds. The molecule has 0 bridgehead atoms. The molecule has 1 aromatic heterocycles. The molecule has 35 heavy (non-hydrogen) atoms. The second-order valence-corrected chi connectivity index (χ2v) is 7.64. The Bertz CT molecular complexity index is 1240. The number of rotatable bonds is 7. The van der Waals surface area contributed by atoms with Gasteiger partial charge < -0.3 is 21.3 Å². The number of nitrogens with two attached hydrogens (primary N) is 2. The number of halogens is 7. The van der Waals surface area contributed by atoms with Gasteiger partial charge in [-0.3, -0.25) is 4.79 Å². The molecule has 13 heteroatoms. The number of carbonyl (C=O) groups excluding carboxylic acids is 1. The first-order valence-corrected chi connectivity index (χ1v) is 10.2. The first-order valence-electron chi connectivity index (χ1n) is 9.78. The van der Waals surface area contributed by atoms with Gasteiger partial charge in [0.25, 0.3) is 0 Å². The summed E-state index contributed by atoms with van der Waals surface area (Å²) in [6, 6.07) is 7.61. The topological polar surface area (TPSA) is 107 Å². The Kier molecular flexibility index (Phi) is 7.46. The van der Waals surface area contributed by atoms with Crippen molar-refractivity contribution < 1.29 is 35.7 Å². The fourth-order valence-corrected chi connectivity index (χ4v) is 3.37. The molecule has 0 unspecified atom stereocenters. The second-order valence-electron chi connectivity index (χ2n) is 7.24. The van der Waals surface area contributed by atoms with E-state index in [9.17, 15) is 31.1 Å². The van der Waals surface area contributed by atoms with E-state index >= 15 is 0 Å². The molecule has 1 heterocycles. The maximum atomic E-state index is 13.0. The van der Waals surface area contributed by atoms with Crippen LogP contribution in [0.4, 0.5) is 26.3 Å². The lowest BCUT2D eigenvalue weighted by atomic mass is 10.0. The average molecular weight is 519 g/mol. The number of alkyl halides is 6. The number of hydrogen-bond donors (Lipinski definition) is 3. The fraction of sp³-hybridized carbons (Fsp3) is 0.182. The van der Waals surface area contributed by atoms with E-state index in [1.807, 2.05) is 0 Å². The molecule has 3 aromatic rings. The lowest BCUT2D eigenvalue weighted by Gasteiger charge is -2.14. The van der Waals surface area contributed by atoms with E-state index in [-0.39, 0.29) is 40.2 Å². The van der Waals surface area contributed by atoms with Crippen molar-refractivity contribution in [3.8, 4) is 11.3 Å². The highest BCUT2D eigenvalue weighted by atomic mass is 35.5. The Balaban J connectivity index is 1.87. The average Bonchev–Trinajstić information content (AvgIpc) is 3.21. The Morgan fingerprint density at radius 1 is 1.06 bits per heavy atom. The maximum absolute atomic E-state index is 13.0. The molecule has 0 aliphatic rings. The van der Waals surface area contributed by atoms with Gasteiger partial charge in [0.2, 0.25) is 5.78 Å². The maximum Gasteiger partial charge on any atom is 0.416 e. The highest BCUT2D eigenvalue weighted by Gasteiger charge is 2.36. The Morgan fingerprint density at radius 3 is 2.20 bits per heavy atom. The molecule has 3 rings (SSSR count). The zero-order valence-electron chi connectivity index (χ0n) is 17.6. The van der Waals surface area contributed by atoms with Gasteiger partial charge in [-0.1, -0.05) is 35.0 Å². The number of benzene rings is 2. The van der Waals surface area contributed by atoms with Crippen molar-refractivity contribution in [1.82, 2.24) is 10.5 Å². The summed E-state index contributed by atoms with van der Waals surface area (Å²) in [5.41, 5.74) is 8.14. The SMILES string of the molecule is NCc1onc(-c2ccccc2Cl)c1C(=O)/C(N)=C/NCc1cc(C(F)(F)F)cc(C(F)(F)F)c1. The minimum absolute atomic E-state index is 0.00830. The molecular weight excluding hydrogens is 502 g/mol. The summed E-state index contributed by atoms with van der Waals surface area (Å²) >= 11 is 6.17. The van der Waals surface area contributed by atoms with Crippen molar-refractivity contribution in [2.45, 2.75) is 25.4 Å². The summed E-state index contributed by atoms with van der Waals surface area (Å²) in [5, 5.41) is 6.56. The number of aromatic nitrogens is 1. The molecule has 0 aliphatic carbocycles. The number of Topliss-reactive ketones (excluding diaryl/α,β-unsaturated/α-hetero) is 1. The summed E-state index contributed by atoms with van der Waals surface area (Å²) in [5.74, 6) is -0.775. The van der Waals surface area contributed by atoms with Crippen LogP contribution in [0.1, 0.15) is 32.8 Å². The van der Waals surface area contributed by atoms with E-state index in [4.69, 9.17) is 27.6 Å². The third-order valence-corrected chi connectivity index (χ3v) is 5.11. The standard InChI is InChI=1S/C22H17ClF6N4O2/c23-15-4-2-1-3-14(15)19-18(17(8-30)35-33-19)20(34)16(31)10-32-9-11-5-12(21(24,25)26)7-13(6-11)22(27,28)29/h1-7,10,32H,8-9,30-31H2/b16-10-. The van der Waals surface area contributed by atoms with Crippen LogP contribution in [0.5, 0.6) is 0 Å². The van der Waals surface area contributed by atoms with E-state index in [1.54, 1.807) is 24.3 Å². The van der Waals surface area contributed by atoms with Crippen LogP contribution in [0.15, 0.2) is 58.9 Å². The Hall–Kier alpha value is -3.51. The Labute approximate surface area is 199 Å². The molecule has 2 aromatic carbocycles. The van der Waals surface area contributed by atoms with Gasteiger partial charge in [0.1, 0.15) is 5.69 Å². The molecule has 0 atom stereocenters. The van der Waals surface area contributed by atoms with Crippen LogP contribution in [0.25, 0.3) is 11.3 Å². The first kappa shape index (κ1) is 26.1. The van der Waals surface area contributed by atoms with Crippen LogP contribution in [-0.2, 0) is 25.4 Å². The minimum atomic E-state index is -4.98. The number of allylic oxidation sites excluding steroid dienone is 1. The first-order chi connectivity index (χ1) is 16.3. The summed E-state index contributed by atoms with van der Waals surface area (Å²) in [7, 11) is 0. The molecular formula is C22H17ClF6N4O2. The molecule has 0 saturated heterocycles. The third kappa shape index (κ3) is 5.95. The van der Waals surface area contributed by atoms with Gasteiger partial charge in [0.05, 0.1) is 34.0 Å². The minimum Gasteiger partial charge on any atom is -0.394 e. The van der Waals surface area contributed by atoms with E-state index < -0.39 is 41.5 Å². The number of ketones is 1. The van der Waals surface area contributed by atoms with E-state index in [0.717, 1.165) is 6.20 Å². The lowest BCUT2D eigenvalue weighted by Crippen LogP contribution is -2.19. The highest BCUT2D eigenvalue weighted by molar-refractivity contribution is 6.33. The van der Waals surface area contributed by atoms with Crippen LogP contribution < -0.4 is 16.8 Å². The summed E-state index contributed by atoms with van der Waals surface area (Å²) in [4.78, 5) is 13.0. The third-order valence-electron chi connectivity index (χ3n) is 4.78. The fourth-order valence-electron chi connectivity index (χ4n) is 3.14. The van der Waals surface area contributed by atoms with Crippen LogP contribution >= 0.6 is 11.6 Å². The zero-order chi connectivity index (χ0) is 26.0. The van der Waals surface area contributed by atoms with Crippen LogP contribution in [-0.4, -0.2) is 10.9 Å². The molecule has 0 saturated carbocycles. The predicted molar refractivity (Wildman–Crippen MR) is 115 cm³/mol. The van der Waals surface area contributed by atoms with Gasteiger partial charge in [-0.2, -0.15) is 26.3 Å². The molecule has 0 radical (unpaired) electrons. The van der Waals surface area contributed by atoms with E-state index in [2.05, 4.69) is 10.5 Å². The van der Waals surface area contributed by atoms with Crippen molar-refractivity contribution in [1.29, 1.82) is 0 Å². The molecule has 5 N–H and O–H groups in total. The van der Waals surface area contributed by atoms with Gasteiger partial charge in [-0.05, 0) is 29.8 Å². The Morgan fingerprint density at radius 2 is 1.66 bits per heavy atom. The van der Waals surface area contributed by atoms with Crippen LogP contribution in [0.2, 0.25) is 5.02 Å². The van der Waals surface area contributed by atoms with Crippen molar-refractivity contribution in [3.05, 3.63) is 87.4 Å². The molecule has 6 nitrogen and oxygen atoms in total. The summed E-state index contributed by atoms with van der Waals surface area (Å²) in [6.45, 7) is -0.685. The van der Waals surface area contributed by atoms with Crippen molar-refractivity contribution >= 4 is 17.4 Å². The number of hydrogen-bond acceptors (Lipinski definition) is 6. The molecule has 0 aliphatic heterocycles. The molecule has 0 spiro atoms. The van der Waals surface area contributed by atoms with Crippen LogP contribution in [0, 0.1) is 0 Å². The van der Waals surface area contributed by atoms with Gasteiger partial charge in [0, 0.05) is 18.3 Å². The van der Waals surface area contributed by atoms with E-state index in [1.165, 1.54) is 0 Å². The quantitative estimate of drug-likeness (QED) is 0.224. The van der Waals surface area contributed by atoms with Crippen LogP contribution in [0.3, 0.4) is 0 Å². The van der Waals surface area contributed by atoms with Gasteiger partial charge >= 0.3 is 12.4 Å². The monoisotopic (exact) mass is 518 g/mol. The smallest absolute Gasteiger partial charge is 0.394 e. The van der Waals surface area contributed by atoms with Gasteiger partial charge in [0.15, 0.2) is 5.76 Å². The van der Waals surface area contributed by atoms with Gasteiger partial charge in [-0.25, -0.2) is 0 Å². The predicted octanol–water partition coefficient (Wildman–Crippen LogP) is 5.26. The highest BCUT2D eigenvalue weighted by Crippen LogP contribution is 2.36. The van der Waals surface area contributed by atoms with E-state index in [0.29, 0.717) is 17.7 Å². The molecule has 0 fully saturated rings. The normalized spacial score (nSPS) is 12.6. The molecule has 186 valence electrons. The number of nitrogens with zero attached hydrogens (tertiary/aromatic N) is 1. The van der Waals surface area contributed by atoms with Crippen molar-refractivity contribution in [2.24, 2.45) is 11.5 Å². The largest absolute Gasteiger partial charge is 0.416 e. The number of nitrogens with one attached hydrogen (secondary N) is 1. The van der Waals surface area contributed by atoms with Crippen molar-refractivity contribution in [3.63, 3.8) is 0 Å². The lowest BCUT2D eigenvalue weighted by molar-refractivity contribution is -0.143. The summed E-state index contributed by atoms with van der Waals surface area (Å²) < 4.78 is 83.3. The van der Waals surface area contributed by atoms with Gasteiger partial charge in [-0.15, -0.1) is 0 Å². The summed E-state index contributed by atoms with van der Waals surface area (Å²) in [6.07, 6.45) is -9.01. The zero-order valence-corrected chi connectivity index (χ0v) is 18.4. The second kappa shape index (κ2) is 10.0.